The van der Waals surface area contributed by atoms with Gasteiger partial charge in [-0.2, -0.15) is 0 Å². The molecular weight excluding hydrogens is 363 g/mol. The van der Waals surface area contributed by atoms with Gasteiger partial charge in [-0.3, -0.25) is 14.9 Å². The van der Waals surface area contributed by atoms with Crippen molar-refractivity contribution in [3.05, 3.63) is 48.7 Å². The normalized spacial score (nSPS) is 10.6. The van der Waals surface area contributed by atoms with Gasteiger partial charge in [0.1, 0.15) is 5.78 Å². The molecule has 0 saturated carbocycles. The fraction of sp³-hybridized carbons (Fsp3) is 0.231. The van der Waals surface area contributed by atoms with Crippen molar-refractivity contribution in [2.75, 3.05) is 0 Å². The topological polar surface area (TPSA) is 121 Å². The number of carbonyl (C=O) groups is 1. The van der Waals surface area contributed by atoms with E-state index in [-0.39, 0.29) is 40.1 Å². The first-order chi connectivity index (χ1) is 11.2. The van der Waals surface area contributed by atoms with E-state index in [1.54, 1.807) is 0 Å². The van der Waals surface area contributed by atoms with Crippen LogP contribution >= 0.6 is 23.2 Å². The van der Waals surface area contributed by atoms with Gasteiger partial charge in [0.15, 0.2) is 5.69 Å². The number of aromatic nitrogens is 2. The molecule has 0 unspecified atom stereocenters. The standard InChI is InChI=1S/C13H10Cl2N4O5/c1-7(20)2-3-17-6-16-13(19(23)24)12(17)8-4-9(14)10(15)5-11(8)18(21)22/h4-6H,2-3H2,1H3. The predicted octanol–water partition coefficient (Wildman–Crippen LogP) is 3.65. The summed E-state index contributed by atoms with van der Waals surface area (Å²) >= 11 is 11.7. The molecule has 0 aliphatic rings. The molecule has 2 aromatic rings. The van der Waals surface area contributed by atoms with Crippen LogP contribution in [-0.2, 0) is 11.3 Å². The summed E-state index contributed by atoms with van der Waals surface area (Å²) in [5.74, 6) is -0.707. The number of hydrogen-bond acceptors (Lipinski definition) is 6. The Bertz CT molecular complexity index is 849. The second-order valence-electron chi connectivity index (χ2n) is 4.86. The van der Waals surface area contributed by atoms with E-state index in [0.29, 0.717) is 0 Å². The number of nitrogens with zero attached hydrogens (tertiary/aromatic N) is 4. The summed E-state index contributed by atoms with van der Waals surface area (Å²) < 4.78 is 1.31. The molecule has 0 aliphatic heterocycles. The predicted molar refractivity (Wildman–Crippen MR) is 86.3 cm³/mol. The third-order valence-corrected chi connectivity index (χ3v) is 3.91. The number of aryl methyl sites for hydroxylation is 1. The van der Waals surface area contributed by atoms with E-state index in [0.717, 1.165) is 12.4 Å². The van der Waals surface area contributed by atoms with Crippen molar-refractivity contribution >= 4 is 40.5 Å². The fourth-order valence-corrected chi connectivity index (χ4v) is 2.43. The Morgan fingerprint density at radius 1 is 1.21 bits per heavy atom. The highest BCUT2D eigenvalue weighted by atomic mass is 35.5. The average Bonchev–Trinajstić information content (AvgIpc) is 2.91. The molecule has 1 aromatic heterocycles. The number of benzene rings is 1. The van der Waals surface area contributed by atoms with Gasteiger partial charge in [-0.05, 0) is 22.9 Å². The second-order valence-corrected chi connectivity index (χ2v) is 5.67. The Hall–Kier alpha value is -2.52. The highest BCUT2D eigenvalue weighted by Gasteiger charge is 2.30. The Morgan fingerprint density at radius 2 is 1.83 bits per heavy atom. The Balaban J connectivity index is 2.72. The summed E-state index contributed by atoms with van der Waals surface area (Å²) in [6.07, 6.45) is 1.25. The number of imidazole rings is 1. The van der Waals surface area contributed by atoms with Crippen LogP contribution in [-0.4, -0.2) is 25.2 Å². The van der Waals surface area contributed by atoms with Crippen molar-refractivity contribution in [3.8, 4) is 11.3 Å². The van der Waals surface area contributed by atoms with E-state index < -0.39 is 21.4 Å². The molecule has 9 nitrogen and oxygen atoms in total. The number of carbonyl (C=O) groups excluding carboxylic acids is 1. The maximum Gasteiger partial charge on any atom is 0.390 e. The SMILES string of the molecule is CC(=O)CCn1cnc([N+](=O)[O-])c1-c1cc(Cl)c(Cl)cc1[N+](=O)[O-]. The molecule has 0 atom stereocenters. The minimum Gasteiger partial charge on any atom is -0.358 e. The minimum atomic E-state index is -0.758. The molecule has 0 N–H and O–H groups in total. The molecule has 0 radical (unpaired) electrons. The third-order valence-electron chi connectivity index (χ3n) is 3.19. The van der Waals surface area contributed by atoms with Crippen LogP contribution in [0, 0.1) is 20.2 Å². The number of ketones is 1. The molecule has 126 valence electrons. The van der Waals surface area contributed by atoms with Crippen LogP contribution in [0.5, 0.6) is 0 Å². The summed E-state index contributed by atoms with van der Waals surface area (Å²) in [4.78, 5) is 35.9. The monoisotopic (exact) mass is 372 g/mol. The quantitative estimate of drug-likeness (QED) is 0.563. The molecule has 2 rings (SSSR count). The zero-order chi connectivity index (χ0) is 18.0. The first-order valence-corrected chi connectivity index (χ1v) is 7.30. The van der Waals surface area contributed by atoms with E-state index in [9.17, 15) is 25.0 Å². The number of rotatable bonds is 6. The van der Waals surface area contributed by atoms with Crippen molar-refractivity contribution in [3.63, 3.8) is 0 Å². The average molecular weight is 373 g/mol. The number of nitro benzene ring substituents is 1. The lowest BCUT2D eigenvalue weighted by molar-refractivity contribution is -0.389. The number of Topliss-reactive ketones (excluding diaryl/α,β-unsaturated/α-hetero) is 1. The van der Waals surface area contributed by atoms with Crippen molar-refractivity contribution in [1.29, 1.82) is 0 Å². The lowest BCUT2D eigenvalue weighted by atomic mass is 10.1. The van der Waals surface area contributed by atoms with Gasteiger partial charge in [-0.25, -0.2) is 0 Å². The largest absolute Gasteiger partial charge is 0.390 e. The van der Waals surface area contributed by atoms with Crippen LogP contribution in [0.25, 0.3) is 11.3 Å². The molecule has 0 aliphatic carbocycles. The van der Waals surface area contributed by atoms with Gasteiger partial charge in [0.05, 0.1) is 20.5 Å². The van der Waals surface area contributed by atoms with Crippen molar-refractivity contribution in [1.82, 2.24) is 9.55 Å². The highest BCUT2D eigenvalue weighted by molar-refractivity contribution is 6.42. The van der Waals surface area contributed by atoms with Crippen LogP contribution < -0.4 is 0 Å². The van der Waals surface area contributed by atoms with E-state index >= 15 is 0 Å². The maximum atomic E-state index is 11.3. The molecule has 0 amide bonds. The summed E-state index contributed by atoms with van der Waals surface area (Å²) in [5.41, 5.74) is -0.647. The first kappa shape index (κ1) is 17.8. The first-order valence-electron chi connectivity index (χ1n) is 6.55. The van der Waals surface area contributed by atoms with Gasteiger partial charge in [-0.1, -0.05) is 23.2 Å². The number of nitro groups is 2. The van der Waals surface area contributed by atoms with Crippen molar-refractivity contribution < 1.29 is 14.6 Å². The van der Waals surface area contributed by atoms with Gasteiger partial charge >= 0.3 is 5.82 Å². The zero-order valence-corrected chi connectivity index (χ0v) is 13.7. The van der Waals surface area contributed by atoms with E-state index in [2.05, 4.69) is 4.98 Å². The Labute approximate surface area is 145 Å². The van der Waals surface area contributed by atoms with Crippen LogP contribution in [0.3, 0.4) is 0 Å². The summed E-state index contributed by atoms with van der Waals surface area (Å²) in [6.45, 7) is 1.45. The molecule has 0 spiro atoms. The minimum absolute atomic E-state index is 0.00545. The second kappa shape index (κ2) is 6.93. The number of halogens is 2. The van der Waals surface area contributed by atoms with Gasteiger partial charge in [-0.15, -0.1) is 0 Å². The van der Waals surface area contributed by atoms with Crippen LogP contribution in [0.4, 0.5) is 11.5 Å². The lowest BCUT2D eigenvalue weighted by Crippen LogP contribution is -2.05. The van der Waals surface area contributed by atoms with Crippen LogP contribution in [0.2, 0.25) is 10.0 Å². The molecule has 1 aromatic carbocycles. The smallest absolute Gasteiger partial charge is 0.358 e. The van der Waals surface area contributed by atoms with Gasteiger partial charge in [0, 0.05) is 19.0 Å². The van der Waals surface area contributed by atoms with Crippen LogP contribution in [0.1, 0.15) is 13.3 Å². The summed E-state index contributed by atoms with van der Waals surface area (Å²) in [5, 5.41) is 22.5. The van der Waals surface area contributed by atoms with Gasteiger partial charge in [0.25, 0.3) is 5.69 Å². The highest BCUT2D eigenvalue weighted by Crippen LogP contribution is 2.40. The molecule has 0 fully saturated rings. The van der Waals surface area contributed by atoms with Gasteiger partial charge < -0.3 is 14.7 Å². The van der Waals surface area contributed by atoms with Crippen LogP contribution in [0.15, 0.2) is 18.5 Å². The number of hydrogen-bond donors (Lipinski definition) is 0. The molecule has 0 bridgehead atoms. The van der Waals surface area contributed by atoms with Crippen molar-refractivity contribution in [2.45, 2.75) is 19.9 Å². The maximum absolute atomic E-state index is 11.3. The summed E-state index contributed by atoms with van der Waals surface area (Å²) in [6, 6.07) is 2.20. The van der Waals surface area contributed by atoms with E-state index in [4.69, 9.17) is 23.2 Å². The molecule has 1 heterocycles. The van der Waals surface area contributed by atoms with Crippen molar-refractivity contribution in [2.24, 2.45) is 0 Å². The Kier molecular flexibility index (Phi) is 5.15. The molecular formula is C13H10Cl2N4O5. The van der Waals surface area contributed by atoms with E-state index in [1.807, 2.05) is 0 Å². The third kappa shape index (κ3) is 3.52. The lowest BCUT2D eigenvalue weighted by Gasteiger charge is -2.08. The molecule has 24 heavy (non-hydrogen) atoms. The fourth-order valence-electron chi connectivity index (χ4n) is 2.10. The molecule has 11 heteroatoms. The Morgan fingerprint density at radius 3 is 2.38 bits per heavy atom. The zero-order valence-electron chi connectivity index (χ0n) is 12.2. The van der Waals surface area contributed by atoms with Gasteiger partial charge in [0.2, 0.25) is 6.33 Å². The molecule has 0 saturated heterocycles. The summed E-state index contributed by atoms with van der Waals surface area (Å²) in [7, 11) is 0. The van der Waals surface area contributed by atoms with E-state index in [1.165, 1.54) is 17.6 Å².